The first-order valence-electron chi connectivity index (χ1n) is 4.61. The van der Waals surface area contributed by atoms with E-state index in [-0.39, 0.29) is 17.8 Å². The van der Waals surface area contributed by atoms with Crippen LogP contribution < -0.4 is 5.32 Å². The molecule has 0 heterocycles. The number of benzene rings is 1. The number of Topliss-reactive ketones (excluding diaryl/α,β-unsaturated/α-hetero) is 1. The van der Waals surface area contributed by atoms with Crippen LogP contribution in [0, 0.1) is 0 Å². The van der Waals surface area contributed by atoms with Gasteiger partial charge < -0.3 is 10.4 Å². The molecule has 0 atom stereocenters. The molecule has 0 aliphatic carbocycles. The number of carboxylic acids is 1. The molecule has 16 heavy (non-hydrogen) atoms. The van der Waals surface area contributed by atoms with E-state index in [2.05, 4.69) is 5.32 Å². The number of carboxylic acid groups (broad SMARTS) is 1. The summed E-state index contributed by atoms with van der Waals surface area (Å²) in [6.07, 6.45) is -0.211. The first-order valence-corrected chi connectivity index (χ1v) is 4.61. The molecule has 0 saturated carbocycles. The van der Waals surface area contributed by atoms with E-state index in [1.54, 1.807) is 6.07 Å². The van der Waals surface area contributed by atoms with Crippen molar-refractivity contribution in [2.24, 2.45) is 0 Å². The topological polar surface area (TPSA) is 83.5 Å². The molecule has 1 amide bonds. The van der Waals surface area contributed by atoms with Crippen molar-refractivity contribution in [3.05, 3.63) is 29.8 Å². The minimum Gasteiger partial charge on any atom is -0.478 e. The lowest BCUT2D eigenvalue weighted by Gasteiger charge is -2.04. The van der Waals surface area contributed by atoms with Gasteiger partial charge in [-0.15, -0.1) is 0 Å². The van der Waals surface area contributed by atoms with Crippen molar-refractivity contribution in [3.8, 4) is 0 Å². The zero-order valence-corrected chi connectivity index (χ0v) is 8.69. The summed E-state index contributed by atoms with van der Waals surface area (Å²) in [5, 5.41) is 11.2. The maximum absolute atomic E-state index is 11.2. The number of amides is 1. The molecule has 0 aliphatic heterocycles. The second kappa shape index (κ2) is 5.06. The number of hydrogen-bond donors (Lipinski definition) is 2. The summed E-state index contributed by atoms with van der Waals surface area (Å²) in [5.74, 6) is -1.76. The highest BCUT2D eigenvalue weighted by Gasteiger charge is 2.07. The average molecular weight is 221 g/mol. The number of carbonyl (C=O) groups excluding carboxylic acids is 2. The third-order valence-corrected chi connectivity index (χ3v) is 1.80. The second-order valence-electron chi connectivity index (χ2n) is 3.31. The molecule has 0 spiro atoms. The summed E-state index contributed by atoms with van der Waals surface area (Å²) in [5.41, 5.74) is 0.451. The summed E-state index contributed by atoms with van der Waals surface area (Å²) in [6.45, 7) is 1.31. The smallest absolute Gasteiger partial charge is 0.335 e. The van der Waals surface area contributed by atoms with Crippen LogP contribution in [0.25, 0.3) is 0 Å². The molecule has 5 heteroatoms. The van der Waals surface area contributed by atoms with Crippen molar-refractivity contribution >= 4 is 23.3 Å². The Bertz CT molecular complexity index is 439. The fraction of sp³-hybridized carbons (Fsp3) is 0.182. The van der Waals surface area contributed by atoms with Gasteiger partial charge in [0.05, 0.1) is 12.0 Å². The summed E-state index contributed by atoms with van der Waals surface area (Å²) in [7, 11) is 0. The molecule has 0 fully saturated rings. The lowest BCUT2D eigenvalue weighted by molar-refractivity contribution is -0.124. The highest BCUT2D eigenvalue weighted by atomic mass is 16.4. The molecule has 2 N–H and O–H groups in total. The van der Waals surface area contributed by atoms with Crippen molar-refractivity contribution < 1.29 is 19.5 Å². The number of hydrogen-bond acceptors (Lipinski definition) is 3. The number of ketones is 1. The van der Waals surface area contributed by atoms with Crippen LogP contribution >= 0.6 is 0 Å². The molecular formula is C11H11NO4. The van der Waals surface area contributed by atoms with Crippen molar-refractivity contribution in [2.45, 2.75) is 13.3 Å². The second-order valence-corrected chi connectivity index (χ2v) is 3.31. The van der Waals surface area contributed by atoms with Crippen LogP contribution in [0.2, 0.25) is 0 Å². The molecule has 1 rings (SSSR count). The summed E-state index contributed by atoms with van der Waals surface area (Å²) >= 11 is 0. The van der Waals surface area contributed by atoms with E-state index in [0.717, 1.165) is 0 Å². The molecule has 5 nitrogen and oxygen atoms in total. The molecule has 1 aromatic rings. The minimum atomic E-state index is -1.07. The maximum atomic E-state index is 11.2. The molecule has 0 saturated heterocycles. The van der Waals surface area contributed by atoms with Gasteiger partial charge in [-0.2, -0.15) is 0 Å². The van der Waals surface area contributed by atoms with Gasteiger partial charge in [-0.3, -0.25) is 9.59 Å². The van der Waals surface area contributed by atoms with E-state index in [9.17, 15) is 14.4 Å². The van der Waals surface area contributed by atoms with Gasteiger partial charge in [0.1, 0.15) is 5.78 Å². The zero-order valence-electron chi connectivity index (χ0n) is 8.69. The molecule has 1 aromatic carbocycles. The van der Waals surface area contributed by atoms with E-state index in [0.29, 0.717) is 5.69 Å². The third-order valence-electron chi connectivity index (χ3n) is 1.80. The van der Waals surface area contributed by atoms with Crippen LogP contribution in [0.15, 0.2) is 24.3 Å². The lowest BCUT2D eigenvalue weighted by Crippen LogP contribution is -2.15. The number of aromatic carboxylic acids is 1. The van der Waals surface area contributed by atoms with Crippen molar-refractivity contribution in [1.82, 2.24) is 0 Å². The van der Waals surface area contributed by atoms with Gasteiger partial charge in [0.25, 0.3) is 0 Å². The fourth-order valence-corrected chi connectivity index (χ4v) is 1.16. The Hall–Kier alpha value is -2.17. The summed E-state index contributed by atoms with van der Waals surface area (Å²) in [6, 6.07) is 5.83. The molecular weight excluding hydrogens is 210 g/mol. The Labute approximate surface area is 92.1 Å². The van der Waals surface area contributed by atoms with Gasteiger partial charge in [-0.05, 0) is 25.1 Å². The Morgan fingerprint density at radius 3 is 2.56 bits per heavy atom. The van der Waals surface area contributed by atoms with Gasteiger partial charge in [-0.1, -0.05) is 6.07 Å². The Kier molecular flexibility index (Phi) is 3.77. The summed E-state index contributed by atoms with van der Waals surface area (Å²) < 4.78 is 0. The molecule has 0 bridgehead atoms. The molecule has 0 aromatic heterocycles. The third kappa shape index (κ3) is 3.53. The van der Waals surface area contributed by atoms with E-state index < -0.39 is 11.9 Å². The van der Waals surface area contributed by atoms with Crippen LogP contribution in [-0.2, 0) is 9.59 Å². The minimum absolute atomic E-state index is 0.0839. The van der Waals surface area contributed by atoms with Gasteiger partial charge in [-0.25, -0.2) is 4.79 Å². The average Bonchev–Trinajstić information content (AvgIpc) is 2.16. The van der Waals surface area contributed by atoms with Crippen molar-refractivity contribution in [3.63, 3.8) is 0 Å². The zero-order chi connectivity index (χ0) is 12.1. The molecule has 0 unspecified atom stereocenters. The van der Waals surface area contributed by atoms with Gasteiger partial charge >= 0.3 is 5.97 Å². The van der Waals surface area contributed by atoms with E-state index in [1.165, 1.54) is 25.1 Å². The fourth-order valence-electron chi connectivity index (χ4n) is 1.16. The van der Waals surface area contributed by atoms with Crippen LogP contribution in [0.5, 0.6) is 0 Å². The van der Waals surface area contributed by atoms with Crippen LogP contribution in [0.1, 0.15) is 23.7 Å². The predicted molar refractivity (Wildman–Crippen MR) is 57.3 cm³/mol. The highest BCUT2D eigenvalue weighted by molar-refractivity contribution is 6.03. The monoisotopic (exact) mass is 221 g/mol. The largest absolute Gasteiger partial charge is 0.478 e. The number of rotatable bonds is 4. The Morgan fingerprint density at radius 2 is 2.00 bits per heavy atom. The van der Waals surface area contributed by atoms with Crippen molar-refractivity contribution in [1.29, 1.82) is 0 Å². The van der Waals surface area contributed by atoms with E-state index >= 15 is 0 Å². The Balaban J connectivity index is 2.74. The van der Waals surface area contributed by atoms with Crippen molar-refractivity contribution in [2.75, 3.05) is 5.32 Å². The summed E-state index contributed by atoms with van der Waals surface area (Å²) in [4.78, 5) is 32.5. The standard InChI is InChI=1S/C11H11NO4/c1-7(13)5-10(14)12-9-4-2-3-8(6-9)11(15)16/h2-4,6H,5H2,1H3,(H,12,14)(H,15,16). The normalized spacial score (nSPS) is 9.56. The maximum Gasteiger partial charge on any atom is 0.335 e. The number of nitrogens with one attached hydrogen (secondary N) is 1. The first-order chi connectivity index (χ1) is 7.49. The van der Waals surface area contributed by atoms with Crippen LogP contribution in [0.4, 0.5) is 5.69 Å². The van der Waals surface area contributed by atoms with Crippen LogP contribution in [0.3, 0.4) is 0 Å². The molecule has 84 valence electrons. The highest BCUT2D eigenvalue weighted by Crippen LogP contribution is 2.10. The number of anilines is 1. The van der Waals surface area contributed by atoms with Gasteiger partial charge in [0.15, 0.2) is 0 Å². The first kappa shape index (κ1) is 11.9. The quantitative estimate of drug-likeness (QED) is 0.750. The predicted octanol–water partition coefficient (Wildman–Crippen LogP) is 1.30. The van der Waals surface area contributed by atoms with Gasteiger partial charge in [0.2, 0.25) is 5.91 Å². The number of carbonyl (C=O) groups is 3. The van der Waals surface area contributed by atoms with E-state index in [4.69, 9.17) is 5.11 Å². The molecule has 0 radical (unpaired) electrons. The van der Waals surface area contributed by atoms with Crippen LogP contribution in [-0.4, -0.2) is 22.8 Å². The molecule has 0 aliphatic rings. The van der Waals surface area contributed by atoms with E-state index in [1.807, 2.05) is 0 Å². The Morgan fingerprint density at radius 1 is 1.31 bits per heavy atom. The lowest BCUT2D eigenvalue weighted by atomic mass is 10.2. The van der Waals surface area contributed by atoms with Gasteiger partial charge in [0, 0.05) is 5.69 Å². The SMILES string of the molecule is CC(=O)CC(=O)Nc1cccc(C(=O)O)c1.